The molecule has 0 saturated carbocycles. The number of likely N-dealkylation sites (tertiary alicyclic amines) is 1. The Labute approximate surface area is 116 Å². The minimum absolute atomic E-state index is 0.187. The molecule has 19 heavy (non-hydrogen) atoms. The summed E-state index contributed by atoms with van der Waals surface area (Å²) < 4.78 is 2.08. The molecule has 1 aromatic rings. The van der Waals surface area contributed by atoms with E-state index in [1.54, 1.807) is 6.92 Å². The van der Waals surface area contributed by atoms with Crippen LogP contribution in [0.2, 0.25) is 0 Å². The Bertz CT molecular complexity index is 390. The molecular weight excluding hydrogens is 238 g/mol. The van der Waals surface area contributed by atoms with Gasteiger partial charge in [-0.2, -0.15) is 5.10 Å². The second-order valence-corrected chi connectivity index (χ2v) is 5.15. The van der Waals surface area contributed by atoms with Crippen molar-refractivity contribution < 1.29 is 4.79 Å². The number of carbonyl (C=O) groups is 1. The summed E-state index contributed by atoms with van der Waals surface area (Å²) >= 11 is 0. The summed E-state index contributed by atoms with van der Waals surface area (Å²) in [7, 11) is 0. The fourth-order valence-corrected chi connectivity index (χ4v) is 2.30. The number of nitrogens with zero attached hydrogens (tertiary/aromatic N) is 3. The zero-order chi connectivity index (χ0) is 14.4. The van der Waals surface area contributed by atoms with Crippen molar-refractivity contribution in [1.82, 2.24) is 14.7 Å². The van der Waals surface area contributed by atoms with Gasteiger partial charge >= 0.3 is 0 Å². The Morgan fingerprint density at radius 3 is 2.32 bits per heavy atom. The lowest BCUT2D eigenvalue weighted by Gasteiger charge is -2.31. The van der Waals surface area contributed by atoms with E-state index in [0.29, 0.717) is 12.0 Å². The number of amides is 1. The summed E-state index contributed by atoms with van der Waals surface area (Å²) in [5, 5.41) is 4.44. The topological polar surface area (TPSA) is 38.1 Å². The zero-order valence-electron chi connectivity index (χ0n) is 12.9. The monoisotopic (exact) mass is 265 g/mol. The highest BCUT2D eigenvalue weighted by atomic mass is 16.2. The highest BCUT2D eigenvalue weighted by Crippen LogP contribution is 2.23. The van der Waals surface area contributed by atoms with Gasteiger partial charge in [-0.15, -0.1) is 0 Å². The first kappa shape index (κ1) is 15.7. The lowest BCUT2D eigenvalue weighted by molar-refractivity contribution is -0.130. The summed E-state index contributed by atoms with van der Waals surface area (Å²) in [5.74, 6) is 0.716. The van der Waals surface area contributed by atoms with Gasteiger partial charge < -0.3 is 4.90 Å². The van der Waals surface area contributed by atoms with Gasteiger partial charge in [0.05, 0.1) is 12.2 Å². The van der Waals surface area contributed by atoms with Gasteiger partial charge in [0.2, 0.25) is 5.91 Å². The number of hydrogen-bond acceptors (Lipinski definition) is 2. The molecule has 0 bridgehead atoms. The maximum Gasteiger partial charge on any atom is 0.219 e. The van der Waals surface area contributed by atoms with Crippen LogP contribution in [0.15, 0.2) is 12.4 Å². The predicted molar refractivity (Wildman–Crippen MR) is 78.2 cm³/mol. The summed E-state index contributed by atoms with van der Waals surface area (Å²) in [6.07, 6.45) is 6.14. The molecule has 1 amide bonds. The molecule has 4 heteroatoms. The fraction of sp³-hybridized carbons (Fsp3) is 0.733. The molecule has 1 fully saturated rings. The van der Waals surface area contributed by atoms with Crippen molar-refractivity contribution in [3.05, 3.63) is 18.0 Å². The van der Waals surface area contributed by atoms with Crippen LogP contribution in [-0.4, -0.2) is 33.7 Å². The van der Waals surface area contributed by atoms with Crippen molar-refractivity contribution in [2.75, 3.05) is 13.1 Å². The van der Waals surface area contributed by atoms with Crippen LogP contribution in [0.5, 0.6) is 0 Å². The molecule has 2 heterocycles. The molecule has 0 aromatic carbocycles. The van der Waals surface area contributed by atoms with Crippen LogP contribution < -0.4 is 0 Å². The second kappa shape index (κ2) is 7.31. The van der Waals surface area contributed by atoms with Crippen LogP contribution >= 0.6 is 0 Å². The number of carbonyl (C=O) groups excluding carboxylic acids is 1. The lowest BCUT2D eigenvalue weighted by atomic mass is 10.0. The molecule has 1 aromatic heterocycles. The van der Waals surface area contributed by atoms with E-state index in [1.165, 1.54) is 5.56 Å². The Kier molecular flexibility index (Phi) is 6.06. The normalized spacial score (nSPS) is 16.2. The molecule has 1 aliphatic heterocycles. The zero-order valence-corrected chi connectivity index (χ0v) is 12.9. The average molecular weight is 265 g/mol. The Morgan fingerprint density at radius 1 is 1.32 bits per heavy atom. The maximum atomic E-state index is 11.2. The highest BCUT2D eigenvalue weighted by molar-refractivity contribution is 5.73. The minimum Gasteiger partial charge on any atom is -0.343 e. The first-order chi connectivity index (χ1) is 9.08. The maximum absolute atomic E-state index is 11.2. The molecule has 108 valence electrons. The van der Waals surface area contributed by atoms with Crippen LogP contribution in [0.25, 0.3) is 0 Å². The van der Waals surface area contributed by atoms with E-state index in [0.717, 1.165) is 25.9 Å². The Balaban J connectivity index is 0.000000861. The largest absolute Gasteiger partial charge is 0.343 e. The van der Waals surface area contributed by atoms with Crippen molar-refractivity contribution in [2.45, 2.75) is 59.4 Å². The van der Waals surface area contributed by atoms with E-state index in [9.17, 15) is 4.79 Å². The summed E-state index contributed by atoms with van der Waals surface area (Å²) in [6.45, 7) is 11.7. The Morgan fingerprint density at radius 2 is 1.89 bits per heavy atom. The number of hydrogen-bond donors (Lipinski definition) is 0. The van der Waals surface area contributed by atoms with Gasteiger partial charge in [-0.1, -0.05) is 27.7 Å². The summed E-state index contributed by atoms with van der Waals surface area (Å²) in [4.78, 5) is 13.2. The van der Waals surface area contributed by atoms with Gasteiger partial charge in [0.15, 0.2) is 0 Å². The van der Waals surface area contributed by atoms with E-state index in [-0.39, 0.29) is 5.91 Å². The molecule has 1 saturated heterocycles. The first-order valence-electron chi connectivity index (χ1n) is 7.37. The van der Waals surface area contributed by atoms with Crippen molar-refractivity contribution in [1.29, 1.82) is 0 Å². The van der Waals surface area contributed by atoms with Gasteiger partial charge in [0, 0.05) is 26.2 Å². The van der Waals surface area contributed by atoms with Gasteiger partial charge in [-0.05, 0) is 24.3 Å². The average Bonchev–Trinajstić information content (AvgIpc) is 2.91. The standard InChI is InChI=1S/C13H21N3O.C2H6/c1-10(2)12-8-14-16(9-12)13-4-6-15(7-5-13)11(3)17;1-2/h8-10,13H,4-7H2,1-3H3;1-2H3. The predicted octanol–water partition coefficient (Wildman–Crippen LogP) is 3.22. The highest BCUT2D eigenvalue weighted by Gasteiger charge is 2.22. The van der Waals surface area contributed by atoms with E-state index in [4.69, 9.17) is 0 Å². The molecule has 0 atom stereocenters. The van der Waals surface area contributed by atoms with E-state index < -0.39 is 0 Å². The van der Waals surface area contributed by atoms with Crippen molar-refractivity contribution in [3.63, 3.8) is 0 Å². The van der Waals surface area contributed by atoms with E-state index in [2.05, 4.69) is 29.8 Å². The van der Waals surface area contributed by atoms with Crippen LogP contribution in [-0.2, 0) is 4.79 Å². The molecule has 1 aliphatic rings. The van der Waals surface area contributed by atoms with Gasteiger partial charge in [0.1, 0.15) is 0 Å². The number of piperidine rings is 1. The third kappa shape index (κ3) is 4.08. The lowest BCUT2D eigenvalue weighted by Crippen LogP contribution is -2.37. The summed E-state index contributed by atoms with van der Waals surface area (Å²) in [6, 6.07) is 0.457. The number of rotatable bonds is 2. The van der Waals surface area contributed by atoms with Crippen molar-refractivity contribution in [2.24, 2.45) is 0 Å². The fourth-order valence-electron chi connectivity index (χ4n) is 2.30. The first-order valence-corrected chi connectivity index (χ1v) is 7.37. The van der Waals surface area contributed by atoms with Gasteiger partial charge in [-0.3, -0.25) is 9.48 Å². The molecule has 4 nitrogen and oxygen atoms in total. The van der Waals surface area contributed by atoms with Gasteiger partial charge in [0.25, 0.3) is 0 Å². The van der Waals surface area contributed by atoms with E-state index >= 15 is 0 Å². The molecule has 0 aliphatic carbocycles. The third-order valence-corrected chi connectivity index (χ3v) is 3.57. The third-order valence-electron chi connectivity index (χ3n) is 3.57. The molecule has 0 unspecified atom stereocenters. The smallest absolute Gasteiger partial charge is 0.219 e. The summed E-state index contributed by atoms with van der Waals surface area (Å²) in [5.41, 5.74) is 1.29. The molecule has 0 radical (unpaired) electrons. The second-order valence-electron chi connectivity index (χ2n) is 5.15. The molecule has 2 rings (SSSR count). The van der Waals surface area contributed by atoms with Crippen molar-refractivity contribution in [3.8, 4) is 0 Å². The SMILES string of the molecule is CC.CC(=O)N1CCC(n2cc(C(C)C)cn2)CC1. The van der Waals surface area contributed by atoms with Crippen LogP contribution in [0.3, 0.4) is 0 Å². The quantitative estimate of drug-likeness (QED) is 0.823. The van der Waals surface area contributed by atoms with Crippen LogP contribution in [0, 0.1) is 0 Å². The van der Waals surface area contributed by atoms with Crippen LogP contribution in [0.4, 0.5) is 0 Å². The van der Waals surface area contributed by atoms with Crippen molar-refractivity contribution >= 4 is 5.91 Å². The molecule has 0 N–H and O–H groups in total. The molecule has 0 spiro atoms. The number of aromatic nitrogens is 2. The molecular formula is C15H27N3O. The van der Waals surface area contributed by atoms with Crippen LogP contribution in [0.1, 0.15) is 65.0 Å². The van der Waals surface area contributed by atoms with Gasteiger partial charge in [-0.25, -0.2) is 0 Å². The van der Waals surface area contributed by atoms with E-state index in [1.807, 2.05) is 24.9 Å². The Hall–Kier alpha value is -1.32. The minimum atomic E-state index is 0.187.